The average molecular weight is 274 g/mol. The predicted octanol–water partition coefficient (Wildman–Crippen LogP) is 3.01. The van der Waals surface area contributed by atoms with Gasteiger partial charge in [0.25, 0.3) is 0 Å². The highest BCUT2D eigenvalue weighted by Crippen LogP contribution is 2.28. The minimum Gasteiger partial charge on any atom is -0.310 e. The van der Waals surface area contributed by atoms with Crippen molar-refractivity contribution in [1.29, 1.82) is 0 Å². The highest BCUT2D eigenvalue weighted by molar-refractivity contribution is 9.11. The standard InChI is InChI=1S/C6H3BrF3NOS/c7-3-1-2-4(13-3)11-5(12)6(8,9)10/h1-2H,(H,11,12). The highest BCUT2D eigenvalue weighted by atomic mass is 79.9. The first-order valence-corrected chi connectivity index (χ1v) is 4.64. The van der Waals surface area contributed by atoms with E-state index in [1.54, 1.807) is 11.4 Å². The highest BCUT2D eigenvalue weighted by Gasteiger charge is 2.38. The van der Waals surface area contributed by atoms with Gasteiger partial charge in [0.2, 0.25) is 0 Å². The maximum Gasteiger partial charge on any atom is 0.471 e. The SMILES string of the molecule is O=C(Nc1ccc(Br)s1)C(F)(F)F. The van der Waals surface area contributed by atoms with Crippen LogP contribution in [-0.2, 0) is 4.79 Å². The van der Waals surface area contributed by atoms with E-state index in [-0.39, 0.29) is 5.00 Å². The fraction of sp³-hybridized carbons (Fsp3) is 0.167. The van der Waals surface area contributed by atoms with Gasteiger partial charge in [-0.05, 0) is 28.1 Å². The van der Waals surface area contributed by atoms with E-state index in [0.29, 0.717) is 3.79 Å². The van der Waals surface area contributed by atoms with Crippen molar-refractivity contribution in [3.8, 4) is 0 Å². The van der Waals surface area contributed by atoms with Gasteiger partial charge < -0.3 is 5.32 Å². The Morgan fingerprint density at radius 2 is 2.08 bits per heavy atom. The van der Waals surface area contributed by atoms with Crippen LogP contribution >= 0.6 is 27.3 Å². The van der Waals surface area contributed by atoms with Gasteiger partial charge in [-0.3, -0.25) is 4.79 Å². The van der Waals surface area contributed by atoms with Crippen LogP contribution < -0.4 is 5.32 Å². The second kappa shape index (κ2) is 3.67. The first-order valence-electron chi connectivity index (χ1n) is 3.03. The molecular formula is C6H3BrF3NOS. The van der Waals surface area contributed by atoms with Gasteiger partial charge >= 0.3 is 12.1 Å². The van der Waals surface area contributed by atoms with E-state index in [1.807, 2.05) is 0 Å². The summed E-state index contributed by atoms with van der Waals surface area (Å²) < 4.78 is 35.8. The second-order valence-electron chi connectivity index (χ2n) is 2.06. The third kappa shape index (κ3) is 3.00. The topological polar surface area (TPSA) is 29.1 Å². The van der Waals surface area contributed by atoms with Crippen molar-refractivity contribution in [2.24, 2.45) is 0 Å². The maximum absolute atomic E-state index is 11.7. The van der Waals surface area contributed by atoms with E-state index in [9.17, 15) is 18.0 Å². The van der Waals surface area contributed by atoms with E-state index < -0.39 is 12.1 Å². The molecule has 0 fully saturated rings. The lowest BCUT2D eigenvalue weighted by Gasteiger charge is -2.04. The molecular weight excluding hydrogens is 271 g/mol. The van der Waals surface area contributed by atoms with Gasteiger partial charge in [-0.15, -0.1) is 11.3 Å². The number of alkyl halides is 3. The molecule has 1 aromatic rings. The van der Waals surface area contributed by atoms with Crippen LogP contribution in [0.5, 0.6) is 0 Å². The Hall–Kier alpha value is -0.560. The summed E-state index contributed by atoms with van der Waals surface area (Å²) in [6.07, 6.45) is -4.84. The molecule has 2 nitrogen and oxygen atoms in total. The molecule has 1 heterocycles. The summed E-state index contributed by atoms with van der Waals surface area (Å²) in [5, 5.41) is 1.89. The number of halogens is 4. The number of hydrogen-bond acceptors (Lipinski definition) is 2. The van der Waals surface area contributed by atoms with Crippen molar-refractivity contribution in [2.45, 2.75) is 6.18 Å². The largest absolute Gasteiger partial charge is 0.471 e. The van der Waals surface area contributed by atoms with Gasteiger partial charge in [-0.25, -0.2) is 0 Å². The molecule has 72 valence electrons. The van der Waals surface area contributed by atoms with Gasteiger partial charge in [0, 0.05) is 0 Å². The van der Waals surface area contributed by atoms with Crippen molar-refractivity contribution in [3.05, 3.63) is 15.9 Å². The third-order valence-corrected chi connectivity index (χ3v) is 2.61. The van der Waals surface area contributed by atoms with E-state index in [0.717, 1.165) is 11.3 Å². The number of hydrogen-bond donors (Lipinski definition) is 1. The molecule has 0 radical (unpaired) electrons. The van der Waals surface area contributed by atoms with Gasteiger partial charge in [0.15, 0.2) is 0 Å². The quantitative estimate of drug-likeness (QED) is 0.838. The normalized spacial score (nSPS) is 11.4. The molecule has 0 aliphatic carbocycles. The number of nitrogens with one attached hydrogen (secondary N) is 1. The maximum atomic E-state index is 11.7. The summed E-state index contributed by atoms with van der Waals surface area (Å²) in [5.41, 5.74) is 0. The first kappa shape index (κ1) is 10.5. The molecule has 1 aromatic heterocycles. The molecule has 1 rings (SSSR count). The number of thiophene rings is 1. The van der Waals surface area contributed by atoms with Gasteiger partial charge in [0.1, 0.15) is 0 Å². The monoisotopic (exact) mass is 273 g/mol. The Balaban J connectivity index is 2.65. The van der Waals surface area contributed by atoms with Crippen LogP contribution in [-0.4, -0.2) is 12.1 Å². The van der Waals surface area contributed by atoms with Crippen molar-refractivity contribution in [3.63, 3.8) is 0 Å². The van der Waals surface area contributed by atoms with E-state index in [1.165, 1.54) is 6.07 Å². The lowest BCUT2D eigenvalue weighted by molar-refractivity contribution is -0.167. The van der Waals surface area contributed by atoms with Gasteiger partial charge in [0.05, 0.1) is 8.79 Å². The number of rotatable bonds is 1. The summed E-state index contributed by atoms with van der Waals surface area (Å²) >= 11 is 4.08. The minimum absolute atomic E-state index is 0.161. The minimum atomic E-state index is -4.84. The molecule has 0 aromatic carbocycles. The van der Waals surface area contributed by atoms with Crippen LogP contribution in [0.25, 0.3) is 0 Å². The summed E-state index contributed by atoms with van der Waals surface area (Å²) in [6, 6.07) is 2.94. The predicted molar refractivity (Wildman–Crippen MR) is 46.7 cm³/mol. The molecule has 0 bridgehead atoms. The summed E-state index contributed by atoms with van der Waals surface area (Å²) in [4.78, 5) is 10.4. The lowest BCUT2D eigenvalue weighted by Crippen LogP contribution is -2.29. The Kier molecular flexibility index (Phi) is 2.97. The van der Waals surface area contributed by atoms with Crippen molar-refractivity contribution >= 4 is 38.2 Å². The van der Waals surface area contributed by atoms with Crippen molar-refractivity contribution in [1.82, 2.24) is 0 Å². The second-order valence-corrected chi connectivity index (χ2v) is 4.52. The smallest absolute Gasteiger partial charge is 0.310 e. The number of anilines is 1. The fourth-order valence-corrected chi connectivity index (χ4v) is 1.85. The molecule has 0 aliphatic rings. The average Bonchev–Trinajstić information content (AvgIpc) is 2.33. The Labute approximate surface area is 83.9 Å². The van der Waals surface area contributed by atoms with E-state index in [4.69, 9.17) is 0 Å². The molecule has 1 N–H and O–H groups in total. The van der Waals surface area contributed by atoms with Crippen molar-refractivity contribution < 1.29 is 18.0 Å². The van der Waals surface area contributed by atoms with Crippen LogP contribution in [0.1, 0.15) is 0 Å². The zero-order valence-electron chi connectivity index (χ0n) is 5.98. The van der Waals surface area contributed by atoms with Gasteiger partial charge in [-0.1, -0.05) is 0 Å². The zero-order valence-corrected chi connectivity index (χ0v) is 8.39. The van der Waals surface area contributed by atoms with Crippen LogP contribution in [0.15, 0.2) is 15.9 Å². The third-order valence-electron chi connectivity index (χ3n) is 1.07. The summed E-state index contributed by atoms with van der Waals surface area (Å²) in [5.74, 6) is -1.96. The van der Waals surface area contributed by atoms with Crippen LogP contribution in [0.2, 0.25) is 0 Å². The Morgan fingerprint density at radius 1 is 1.46 bits per heavy atom. The van der Waals surface area contributed by atoms with Crippen LogP contribution in [0.3, 0.4) is 0 Å². The fourth-order valence-electron chi connectivity index (χ4n) is 0.564. The van der Waals surface area contributed by atoms with E-state index in [2.05, 4.69) is 15.9 Å². The molecule has 13 heavy (non-hydrogen) atoms. The number of amides is 1. The van der Waals surface area contributed by atoms with Gasteiger partial charge in [-0.2, -0.15) is 13.2 Å². The number of carbonyl (C=O) groups is 1. The lowest BCUT2D eigenvalue weighted by atomic mass is 10.5. The Bertz CT molecular complexity index is 322. The molecule has 0 aliphatic heterocycles. The Morgan fingerprint density at radius 3 is 2.46 bits per heavy atom. The van der Waals surface area contributed by atoms with Crippen LogP contribution in [0, 0.1) is 0 Å². The summed E-state index contributed by atoms with van der Waals surface area (Å²) in [6.45, 7) is 0. The summed E-state index contributed by atoms with van der Waals surface area (Å²) in [7, 11) is 0. The molecule has 1 amide bonds. The van der Waals surface area contributed by atoms with E-state index >= 15 is 0 Å². The molecule has 0 spiro atoms. The zero-order chi connectivity index (χ0) is 10.1. The van der Waals surface area contributed by atoms with Crippen molar-refractivity contribution in [2.75, 3.05) is 5.32 Å². The molecule has 0 atom stereocenters. The molecule has 7 heteroatoms. The number of carbonyl (C=O) groups excluding carboxylic acids is 1. The first-order chi connectivity index (χ1) is 5.89. The molecule has 0 saturated carbocycles. The molecule has 0 saturated heterocycles. The molecule has 0 unspecified atom stereocenters. The van der Waals surface area contributed by atoms with Crippen LogP contribution in [0.4, 0.5) is 18.2 Å².